The molecule has 0 unspecified atom stereocenters. The fourth-order valence-corrected chi connectivity index (χ4v) is 5.21. The van der Waals surface area contributed by atoms with E-state index in [1.165, 1.54) is 12.1 Å². The molecule has 0 radical (unpaired) electrons. The largest absolute Gasteiger partial charge is 0.396 e. The second kappa shape index (κ2) is 6.85. The fraction of sp³-hybridized carbons (Fsp3) is 0.571. The Kier molecular flexibility index (Phi) is 4.70. The zero-order valence-electron chi connectivity index (χ0n) is 16.4. The minimum absolute atomic E-state index is 0.166. The Labute approximate surface area is 166 Å². The van der Waals surface area contributed by atoms with Gasteiger partial charge in [0.15, 0.2) is 0 Å². The number of fused-ring (bicyclic) bond motifs is 3. The zero-order chi connectivity index (χ0) is 21.0. The zero-order valence-corrected chi connectivity index (χ0v) is 16.4. The summed E-state index contributed by atoms with van der Waals surface area (Å²) in [6.45, 7) is 4.43. The lowest BCUT2D eigenvalue weighted by molar-refractivity contribution is -0.131. The highest BCUT2D eigenvalue weighted by atomic mass is 19.4. The minimum atomic E-state index is -4.55. The van der Waals surface area contributed by atoms with Gasteiger partial charge in [-0.05, 0) is 54.6 Å². The molecule has 3 atom stereocenters. The summed E-state index contributed by atoms with van der Waals surface area (Å²) in [7, 11) is 0. The van der Waals surface area contributed by atoms with Crippen molar-refractivity contribution >= 4 is 16.8 Å². The molecule has 156 valence electrons. The summed E-state index contributed by atoms with van der Waals surface area (Å²) < 4.78 is 39.8. The number of rotatable bonds is 4. The molecule has 5 nitrogen and oxygen atoms in total. The predicted octanol–water partition coefficient (Wildman–Crippen LogP) is 4.03. The van der Waals surface area contributed by atoms with Crippen molar-refractivity contribution in [1.29, 1.82) is 0 Å². The maximum atomic E-state index is 13.0. The number of hydrogen-bond acceptors (Lipinski definition) is 3. The summed E-state index contributed by atoms with van der Waals surface area (Å²) in [6, 6.07) is 6.19. The van der Waals surface area contributed by atoms with Crippen LogP contribution in [0.3, 0.4) is 0 Å². The van der Waals surface area contributed by atoms with Gasteiger partial charge in [0.1, 0.15) is 12.2 Å². The van der Waals surface area contributed by atoms with Crippen LogP contribution in [0.15, 0.2) is 29.1 Å². The molecule has 1 aromatic carbocycles. The maximum Gasteiger partial charge on any atom is 0.396 e. The SMILES string of the molecule is CC1(C)[C@H]2CC[C@@H](CC(=O)Nn3c(CC(F)(F)F)nc4ccccc4c3=O)[C@H]1C2. The van der Waals surface area contributed by atoms with Crippen LogP contribution in [0.2, 0.25) is 0 Å². The summed E-state index contributed by atoms with van der Waals surface area (Å²) in [5.41, 5.74) is 2.09. The highest BCUT2D eigenvalue weighted by Gasteiger charge is 2.54. The number of carbonyl (C=O) groups excluding carboxylic acids is 1. The summed E-state index contributed by atoms with van der Waals surface area (Å²) >= 11 is 0. The molecule has 1 heterocycles. The van der Waals surface area contributed by atoms with Gasteiger partial charge in [0, 0.05) is 6.42 Å². The normalized spacial score (nSPS) is 25.5. The topological polar surface area (TPSA) is 64.0 Å². The van der Waals surface area contributed by atoms with Crippen molar-refractivity contribution in [3.05, 3.63) is 40.4 Å². The molecular formula is C21H24F3N3O2. The third kappa shape index (κ3) is 3.65. The second-order valence-electron chi connectivity index (χ2n) is 8.91. The summed E-state index contributed by atoms with van der Waals surface area (Å²) in [5.74, 6) is 0.358. The van der Waals surface area contributed by atoms with Crippen LogP contribution in [0.25, 0.3) is 10.9 Å². The van der Waals surface area contributed by atoms with Gasteiger partial charge in [0.25, 0.3) is 5.56 Å². The third-order valence-electron chi connectivity index (χ3n) is 6.89. The van der Waals surface area contributed by atoms with Crippen LogP contribution in [0.1, 0.15) is 45.4 Å². The van der Waals surface area contributed by atoms with E-state index in [1.54, 1.807) is 12.1 Å². The number of nitrogens with zero attached hydrogens (tertiary/aromatic N) is 2. The number of carbonyl (C=O) groups is 1. The van der Waals surface area contributed by atoms with Gasteiger partial charge in [-0.3, -0.25) is 15.0 Å². The lowest BCUT2D eigenvalue weighted by atomic mass is 9.45. The molecule has 3 fully saturated rings. The smallest absolute Gasteiger partial charge is 0.273 e. The van der Waals surface area contributed by atoms with Crippen molar-refractivity contribution in [1.82, 2.24) is 9.66 Å². The first kappa shape index (κ1) is 19.9. The number of aromatic nitrogens is 2. The number of amides is 1. The first-order valence-electron chi connectivity index (χ1n) is 9.93. The van der Waals surface area contributed by atoms with Gasteiger partial charge >= 0.3 is 6.18 Å². The van der Waals surface area contributed by atoms with Crippen molar-refractivity contribution < 1.29 is 18.0 Å². The van der Waals surface area contributed by atoms with Gasteiger partial charge in [-0.1, -0.05) is 26.0 Å². The monoisotopic (exact) mass is 407 g/mol. The van der Waals surface area contributed by atoms with Crippen molar-refractivity contribution in [2.24, 2.45) is 23.2 Å². The molecule has 0 saturated heterocycles. The van der Waals surface area contributed by atoms with Crippen molar-refractivity contribution in [3.8, 4) is 0 Å². The van der Waals surface area contributed by atoms with Crippen LogP contribution in [0, 0.1) is 23.2 Å². The maximum absolute atomic E-state index is 13.0. The fourth-order valence-electron chi connectivity index (χ4n) is 5.21. The summed E-state index contributed by atoms with van der Waals surface area (Å²) in [4.78, 5) is 29.5. The van der Waals surface area contributed by atoms with Gasteiger partial charge < -0.3 is 0 Å². The van der Waals surface area contributed by atoms with E-state index in [0.29, 0.717) is 16.5 Å². The average molecular weight is 407 g/mol. The molecule has 5 rings (SSSR count). The first-order chi connectivity index (χ1) is 13.6. The van der Waals surface area contributed by atoms with Crippen molar-refractivity contribution in [2.75, 3.05) is 5.43 Å². The van der Waals surface area contributed by atoms with Gasteiger partial charge in [-0.25, -0.2) is 9.66 Å². The Morgan fingerprint density at radius 2 is 2.00 bits per heavy atom. The number of benzene rings is 1. The number of para-hydroxylation sites is 1. The highest BCUT2D eigenvalue weighted by molar-refractivity contribution is 5.85. The van der Waals surface area contributed by atoms with E-state index >= 15 is 0 Å². The molecular weight excluding hydrogens is 383 g/mol. The molecule has 1 N–H and O–H groups in total. The van der Waals surface area contributed by atoms with Crippen LogP contribution in [0.4, 0.5) is 13.2 Å². The predicted molar refractivity (Wildman–Crippen MR) is 103 cm³/mol. The molecule has 2 aromatic rings. The number of alkyl halides is 3. The Hall–Kier alpha value is -2.38. The molecule has 3 saturated carbocycles. The molecule has 3 aliphatic carbocycles. The molecule has 2 bridgehead atoms. The van der Waals surface area contributed by atoms with E-state index in [4.69, 9.17) is 0 Å². The van der Waals surface area contributed by atoms with E-state index in [2.05, 4.69) is 24.3 Å². The van der Waals surface area contributed by atoms with Crippen molar-refractivity contribution in [2.45, 2.75) is 52.1 Å². The Bertz CT molecular complexity index is 1010. The molecule has 1 aromatic heterocycles. The Balaban J connectivity index is 1.61. The summed E-state index contributed by atoms with van der Waals surface area (Å²) in [5, 5.41) is 0.166. The van der Waals surface area contributed by atoms with E-state index < -0.39 is 29.9 Å². The van der Waals surface area contributed by atoms with E-state index in [1.807, 2.05) is 0 Å². The Morgan fingerprint density at radius 1 is 1.28 bits per heavy atom. The first-order valence-corrected chi connectivity index (χ1v) is 9.93. The lowest BCUT2D eigenvalue weighted by Gasteiger charge is -2.60. The van der Waals surface area contributed by atoms with Gasteiger partial charge in [-0.2, -0.15) is 13.2 Å². The molecule has 0 aliphatic heterocycles. The highest BCUT2D eigenvalue weighted by Crippen LogP contribution is 2.61. The number of hydrogen-bond donors (Lipinski definition) is 1. The molecule has 1 amide bonds. The van der Waals surface area contributed by atoms with E-state index in [0.717, 1.165) is 19.3 Å². The van der Waals surface area contributed by atoms with Crippen LogP contribution < -0.4 is 11.0 Å². The molecule has 0 spiro atoms. The molecule has 3 aliphatic rings. The van der Waals surface area contributed by atoms with Crippen LogP contribution in [-0.4, -0.2) is 21.7 Å². The standard InChI is InChI=1S/C21H24F3N3O2/c1-20(2)13-8-7-12(15(20)10-13)9-18(28)26-27-17(11-21(22,23)24)25-16-6-4-3-5-14(16)19(27)29/h3-6,12-13,15H,7-11H2,1-2H3,(H,26,28)/t12-,13-,15+/m0/s1. The minimum Gasteiger partial charge on any atom is -0.273 e. The van der Waals surface area contributed by atoms with Crippen LogP contribution in [-0.2, 0) is 11.2 Å². The third-order valence-corrected chi connectivity index (χ3v) is 6.89. The van der Waals surface area contributed by atoms with E-state index in [9.17, 15) is 22.8 Å². The van der Waals surface area contributed by atoms with Gasteiger partial charge in [-0.15, -0.1) is 0 Å². The van der Waals surface area contributed by atoms with Gasteiger partial charge in [0.2, 0.25) is 5.91 Å². The Morgan fingerprint density at radius 3 is 2.66 bits per heavy atom. The number of nitrogens with one attached hydrogen (secondary N) is 1. The van der Waals surface area contributed by atoms with Gasteiger partial charge in [0.05, 0.1) is 10.9 Å². The van der Waals surface area contributed by atoms with Crippen LogP contribution >= 0.6 is 0 Å². The molecule has 29 heavy (non-hydrogen) atoms. The average Bonchev–Trinajstić information content (AvgIpc) is 2.63. The second-order valence-corrected chi connectivity index (χ2v) is 8.91. The van der Waals surface area contributed by atoms with E-state index in [-0.39, 0.29) is 28.7 Å². The van der Waals surface area contributed by atoms with Crippen molar-refractivity contribution in [3.63, 3.8) is 0 Å². The lowest BCUT2D eigenvalue weighted by Crippen LogP contribution is -2.53. The quantitative estimate of drug-likeness (QED) is 0.832. The number of halogens is 3. The van der Waals surface area contributed by atoms with Crippen LogP contribution in [0.5, 0.6) is 0 Å². The summed E-state index contributed by atoms with van der Waals surface area (Å²) in [6.07, 6.45) is -2.64. The molecule has 8 heteroatoms.